The fourth-order valence-electron chi connectivity index (χ4n) is 6.78. The van der Waals surface area contributed by atoms with Crippen LogP contribution in [0.15, 0.2) is 151 Å². The van der Waals surface area contributed by atoms with E-state index in [1.54, 1.807) is 0 Å². The van der Waals surface area contributed by atoms with E-state index in [9.17, 15) is 0 Å². The SMILES string of the molecule is C1=CCC=C1.CC.Nc1ccccc1CC1=CCC2c3ccc(/C(=C4\C=CC=CC4)c4ccccc4)cc3-c3cccc1c32. The third-order valence-corrected chi connectivity index (χ3v) is 8.77. The molecule has 0 aromatic heterocycles. The van der Waals surface area contributed by atoms with Crippen LogP contribution in [0.25, 0.3) is 22.3 Å². The Kier molecular flexibility index (Phi) is 9.03. The molecule has 4 aromatic rings. The molecular formula is C43H41N. The highest BCUT2D eigenvalue weighted by Crippen LogP contribution is 2.53. The van der Waals surface area contributed by atoms with Crippen LogP contribution in [-0.4, -0.2) is 0 Å². The van der Waals surface area contributed by atoms with Crippen molar-refractivity contribution in [3.05, 3.63) is 185 Å². The number of fused-ring (bicyclic) bond motifs is 3. The Balaban J connectivity index is 0.000000441. The van der Waals surface area contributed by atoms with Crippen LogP contribution in [0.4, 0.5) is 5.69 Å². The topological polar surface area (TPSA) is 26.0 Å². The Morgan fingerprint density at radius 3 is 2.18 bits per heavy atom. The van der Waals surface area contributed by atoms with Gasteiger partial charge in [0.2, 0.25) is 0 Å². The first-order valence-electron chi connectivity index (χ1n) is 16.0. The first kappa shape index (κ1) is 29.2. The molecule has 1 nitrogen and oxygen atoms in total. The van der Waals surface area contributed by atoms with Crippen molar-refractivity contribution in [1.82, 2.24) is 0 Å². The fourth-order valence-corrected chi connectivity index (χ4v) is 6.78. The normalized spacial score (nSPS) is 17.5. The Morgan fingerprint density at radius 2 is 1.45 bits per heavy atom. The summed E-state index contributed by atoms with van der Waals surface area (Å²) >= 11 is 0. The Hall–Kier alpha value is -4.88. The lowest BCUT2D eigenvalue weighted by molar-refractivity contribution is 0.835. The smallest absolute Gasteiger partial charge is 0.0349 e. The fraction of sp³-hybridized carbons (Fsp3) is 0.163. The van der Waals surface area contributed by atoms with Gasteiger partial charge in [-0.05, 0) is 99.0 Å². The average Bonchev–Trinajstić information content (AvgIpc) is 3.78. The molecule has 1 atom stereocenters. The van der Waals surface area contributed by atoms with E-state index in [1.165, 1.54) is 61.2 Å². The van der Waals surface area contributed by atoms with Gasteiger partial charge in [-0.25, -0.2) is 0 Å². The summed E-state index contributed by atoms with van der Waals surface area (Å²) < 4.78 is 0. The number of nitrogen functional groups attached to an aromatic ring is 1. The largest absolute Gasteiger partial charge is 0.398 e. The third-order valence-electron chi connectivity index (χ3n) is 8.77. The molecule has 0 fully saturated rings. The lowest BCUT2D eigenvalue weighted by Gasteiger charge is -2.24. The number of benzene rings is 4. The zero-order chi connectivity index (χ0) is 30.3. The van der Waals surface area contributed by atoms with Gasteiger partial charge >= 0.3 is 0 Å². The summed E-state index contributed by atoms with van der Waals surface area (Å²) in [6.45, 7) is 4.00. The molecule has 0 bridgehead atoms. The van der Waals surface area contributed by atoms with Gasteiger partial charge in [0.15, 0.2) is 0 Å². The Bertz CT molecular complexity index is 1810. The van der Waals surface area contributed by atoms with Crippen molar-refractivity contribution < 1.29 is 0 Å². The molecule has 4 aliphatic rings. The molecule has 4 aromatic carbocycles. The van der Waals surface area contributed by atoms with E-state index in [0.29, 0.717) is 5.92 Å². The van der Waals surface area contributed by atoms with E-state index in [2.05, 4.69) is 134 Å². The van der Waals surface area contributed by atoms with E-state index in [4.69, 9.17) is 5.73 Å². The highest BCUT2D eigenvalue weighted by molar-refractivity contribution is 5.91. The van der Waals surface area contributed by atoms with E-state index >= 15 is 0 Å². The lowest BCUT2D eigenvalue weighted by atomic mass is 9.80. The van der Waals surface area contributed by atoms with Crippen molar-refractivity contribution in [3.63, 3.8) is 0 Å². The summed E-state index contributed by atoms with van der Waals surface area (Å²) in [5, 5.41) is 0. The van der Waals surface area contributed by atoms with Crippen molar-refractivity contribution in [2.45, 2.75) is 45.4 Å². The van der Waals surface area contributed by atoms with Gasteiger partial charge in [0.1, 0.15) is 0 Å². The van der Waals surface area contributed by atoms with Crippen molar-refractivity contribution in [2.24, 2.45) is 0 Å². The van der Waals surface area contributed by atoms with Crippen molar-refractivity contribution >= 4 is 16.8 Å². The summed E-state index contributed by atoms with van der Waals surface area (Å²) in [6, 6.07) is 33.1. The van der Waals surface area contributed by atoms with E-state index in [-0.39, 0.29) is 0 Å². The van der Waals surface area contributed by atoms with E-state index < -0.39 is 0 Å². The molecule has 0 spiro atoms. The third kappa shape index (κ3) is 5.83. The van der Waals surface area contributed by atoms with Crippen LogP contribution in [0, 0.1) is 0 Å². The van der Waals surface area contributed by atoms with Gasteiger partial charge < -0.3 is 5.73 Å². The predicted molar refractivity (Wildman–Crippen MR) is 190 cm³/mol. The van der Waals surface area contributed by atoms with Gasteiger partial charge in [0.05, 0.1) is 0 Å². The maximum absolute atomic E-state index is 6.31. The van der Waals surface area contributed by atoms with Crippen LogP contribution in [0.2, 0.25) is 0 Å². The quantitative estimate of drug-likeness (QED) is 0.242. The lowest BCUT2D eigenvalue weighted by Crippen LogP contribution is -2.07. The highest BCUT2D eigenvalue weighted by atomic mass is 14.6. The number of hydrogen-bond donors (Lipinski definition) is 1. The number of nitrogens with two attached hydrogens (primary N) is 1. The van der Waals surface area contributed by atoms with Gasteiger partial charge in [0.25, 0.3) is 0 Å². The molecule has 0 radical (unpaired) electrons. The molecule has 1 heteroatoms. The second-order valence-corrected chi connectivity index (χ2v) is 11.3. The summed E-state index contributed by atoms with van der Waals surface area (Å²) in [6.07, 6.45) is 23.6. The first-order chi connectivity index (χ1) is 21.8. The van der Waals surface area contributed by atoms with Crippen LogP contribution in [-0.2, 0) is 6.42 Å². The average molecular weight is 572 g/mol. The number of anilines is 1. The second kappa shape index (κ2) is 13.6. The maximum Gasteiger partial charge on any atom is 0.0349 e. The van der Waals surface area contributed by atoms with Gasteiger partial charge in [-0.15, -0.1) is 0 Å². The number of para-hydroxylation sites is 1. The minimum absolute atomic E-state index is 0.428. The van der Waals surface area contributed by atoms with Crippen LogP contribution < -0.4 is 5.73 Å². The van der Waals surface area contributed by atoms with Crippen molar-refractivity contribution in [2.75, 3.05) is 5.73 Å². The van der Waals surface area contributed by atoms with Gasteiger partial charge in [-0.1, -0.05) is 147 Å². The zero-order valence-corrected chi connectivity index (χ0v) is 25.8. The monoisotopic (exact) mass is 571 g/mol. The molecule has 1 unspecified atom stereocenters. The summed E-state index contributed by atoms with van der Waals surface area (Å²) in [4.78, 5) is 0. The van der Waals surface area contributed by atoms with Crippen molar-refractivity contribution in [3.8, 4) is 11.1 Å². The summed E-state index contributed by atoms with van der Waals surface area (Å²) in [5.74, 6) is 0.428. The summed E-state index contributed by atoms with van der Waals surface area (Å²) in [5.41, 5.74) is 22.2. The first-order valence-corrected chi connectivity index (χ1v) is 16.0. The van der Waals surface area contributed by atoms with Gasteiger partial charge in [-0.3, -0.25) is 0 Å². The van der Waals surface area contributed by atoms with E-state index in [0.717, 1.165) is 31.4 Å². The standard InChI is InChI=1S/C36H29N.C5H6.C2H6/c37-34-17-8-7-14-27(34)22-26-18-21-32-30-20-19-28(23-33(30)31-16-9-15-29(26)36(31)32)35(24-10-3-1-4-11-24)25-12-5-2-6-13-25;1-2-4-5-3-1;1-2/h1-12,14-20,23,32H,13,21-22,37H2;1-4H,5H2;1-2H3/b35-25+;;. The molecule has 218 valence electrons. The number of hydrogen-bond acceptors (Lipinski definition) is 1. The van der Waals surface area contributed by atoms with Gasteiger partial charge in [-0.2, -0.15) is 0 Å². The molecule has 0 amide bonds. The minimum Gasteiger partial charge on any atom is -0.398 e. The number of allylic oxidation sites excluding steroid dienone is 11. The zero-order valence-electron chi connectivity index (χ0n) is 25.8. The molecule has 4 aliphatic carbocycles. The Labute approximate surface area is 263 Å². The number of rotatable bonds is 4. The molecular weight excluding hydrogens is 530 g/mol. The Morgan fingerprint density at radius 1 is 0.705 bits per heavy atom. The highest BCUT2D eigenvalue weighted by Gasteiger charge is 2.34. The predicted octanol–water partition coefficient (Wildman–Crippen LogP) is 11.3. The molecule has 0 heterocycles. The van der Waals surface area contributed by atoms with Crippen molar-refractivity contribution in [1.29, 1.82) is 0 Å². The van der Waals surface area contributed by atoms with Crippen LogP contribution in [0.3, 0.4) is 0 Å². The summed E-state index contributed by atoms with van der Waals surface area (Å²) in [7, 11) is 0. The molecule has 2 N–H and O–H groups in total. The van der Waals surface area contributed by atoms with E-state index in [1.807, 2.05) is 26.0 Å². The molecule has 8 rings (SSSR count). The van der Waals surface area contributed by atoms with Crippen LogP contribution in [0.1, 0.15) is 72.4 Å². The maximum atomic E-state index is 6.31. The van der Waals surface area contributed by atoms with Gasteiger partial charge in [0, 0.05) is 11.6 Å². The molecule has 0 saturated heterocycles. The van der Waals surface area contributed by atoms with Crippen LogP contribution >= 0.6 is 0 Å². The van der Waals surface area contributed by atoms with Crippen LogP contribution in [0.5, 0.6) is 0 Å². The molecule has 44 heavy (non-hydrogen) atoms. The molecule has 0 saturated carbocycles. The second-order valence-electron chi connectivity index (χ2n) is 11.3. The molecule has 0 aliphatic heterocycles. The minimum atomic E-state index is 0.428.